The lowest BCUT2D eigenvalue weighted by atomic mass is 9.87. The van der Waals surface area contributed by atoms with Crippen LogP contribution in [0.1, 0.15) is 13.3 Å². The zero-order chi connectivity index (χ0) is 17.7. The molecule has 3 heterocycles. The zero-order valence-corrected chi connectivity index (χ0v) is 13.9. The molecule has 11 nitrogen and oxygen atoms in total. The van der Waals surface area contributed by atoms with Crippen molar-refractivity contribution in [3.63, 3.8) is 0 Å². The predicted molar refractivity (Wildman–Crippen MR) is 87.8 cm³/mol. The third-order valence-electron chi connectivity index (χ3n) is 4.43. The SMILES string of the molecule is CCSC1CC(O)(O)[C@]23NC(N)=N[C@H]2[C@H](COC(N)=O)N=C(N)N13. The van der Waals surface area contributed by atoms with Crippen LogP contribution in [-0.2, 0) is 4.74 Å². The van der Waals surface area contributed by atoms with Gasteiger partial charge in [0.2, 0.25) is 5.79 Å². The van der Waals surface area contributed by atoms with Crippen molar-refractivity contribution in [2.24, 2.45) is 27.2 Å². The first-order chi connectivity index (χ1) is 11.2. The molecule has 0 saturated carbocycles. The van der Waals surface area contributed by atoms with E-state index in [0.29, 0.717) is 0 Å². The lowest BCUT2D eigenvalue weighted by molar-refractivity contribution is -0.221. The van der Waals surface area contributed by atoms with Crippen LogP contribution in [0.3, 0.4) is 0 Å². The van der Waals surface area contributed by atoms with Gasteiger partial charge in [-0.05, 0) is 5.75 Å². The van der Waals surface area contributed by atoms with Crippen molar-refractivity contribution < 1.29 is 19.7 Å². The summed E-state index contributed by atoms with van der Waals surface area (Å²) >= 11 is 1.50. The Bertz CT molecular complexity index is 612. The van der Waals surface area contributed by atoms with Crippen LogP contribution in [0, 0.1) is 0 Å². The first kappa shape index (κ1) is 16.9. The fourth-order valence-electron chi connectivity index (χ4n) is 3.61. The highest BCUT2D eigenvalue weighted by molar-refractivity contribution is 7.99. The largest absolute Gasteiger partial charge is 0.447 e. The van der Waals surface area contributed by atoms with E-state index in [9.17, 15) is 15.0 Å². The van der Waals surface area contributed by atoms with Crippen LogP contribution in [0.4, 0.5) is 4.79 Å². The Kier molecular flexibility index (Phi) is 3.92. The maximum Gasteiger partial charge on any atom is 0.404 e. The smallest absolute Gasteiger partial charge is 0.404 e. The number of rotatable bonds is 4. The number of nitrogens with one attached hydrogen (secondary N) is 1. The van der Waals surface area contributed by atoms with Crippen LogP contribution in [0.25, 0.3) is 0 Å². The number of hydrogen-bond acceptors (Lipinski definition) is 11. The molecular weight excluding hydrogens is 338 g/mol. The maximum atomic E-state index is 10.9. The molecular formula is C12H21N7O4S. The van der Waals surface area contributed by atoms with E-state index in [1.54, 1.807) is 4.90 Å². The van der Waals surface area contributed by atoms with Crippen molar-refractivity contribution in [2.45, 2.75) is 42.3 Å². The summed E-state index contributed by atoms with van der Waals surface area (Å²) in [5.41, 5.74) is 15.4. The molecule has 1 unspecified atom stereocenters. The molecule has 3 aliphatic heterocycles. The standard InChI is InChI=1S/C12H21N7O4S/c1-2-24-6-3-11(21,22)12-7(17-8(13)18-12)5(4-23-10(15)20)16-9(14)19(6)12/h5-7,21-22H,2-4H2,1H3,(H2,14,16)(H2,15,20)(H3,13,17,18)/t5-,6?,7-,12-/m0/s1. The van der Waals surface area contributed by atoms with Gasteiger partial charge in [0.1, 0.15) is 18.7 Å². The molecule has 9 N–H and O–H groups in total. The molecule has 0 aromatic heterocycles. The molecule has 0 aliphatic carbocycles. The van der Waals surface area contributed by atoms with Gasteiger partial charge < -0.3 is 42.4 Å². The van der Waals surface area contributed by atoms with E-state index in [2.05, 4.69) is 15.3 Å². The van der Waals surface area contributed by atoms with Gasteiger partial charge >= 0.3 is 6.09 Å². The molecule has 0 aromatic rings. The highest BCUT2D eigenvalue weighted by Crippen LogP contribution is 2.49. The Hall–Kier alpha value is -1.92. The molecule has 1 spiro atoms. The van der Waals surface area contributed by atoms with Gasteiger partial charge in [-0.1, -0.05) is 6.92 Å². The summed E-state index contributed by atoms with van der Waals surface area (Å²) in [5.74, 6) is -1.29. The summed E-state index contributed by atoms with van der Waals surface area (Å²) in [4.78, 5) is 21.1. The zero-order valence-electron chi connectivity index (χ0n) is 13.0. The average Bonchev–Trinajstić information content (AvgIpc) is 2.92. The topological polar surface area (TPSA) is 185 Å². The van der Waals surface area contributed by atoms with E-state index < -0.39 is 29.6 Å². The Morgan fingerprint density at radius 3 is 2.83 bits per heavy atom. The van der Waals surface area contributed by atoms with Crippen molar-refractivity contribution in [3.05, 3.63) is 0 Å². The minimum Gasteiger partial charge on any atom is -0.447 e. The molecule has 12 heteroatoms. The number of nitrogens with two attached hydrogens (primary N) is 3. The summed E-state index contributed by atoms with van der Waals surface area (Å²) in [7, 11) is 0. The second-order valence-electron chi connectivity index (χ2n) is 5.84. The molecule has 0 aromatic carbocycles. The van der Waals surface area contributed by atoms with Gasteiger partial charge in [-0.3, -0.25) is 0 Å². The van der Waals surface area contributed by atoms with Crippen LogP contribution in [0.5, 0.6) is 0 Å². The van der Waals surface area contributed by atoms with Gasteiger partial charge in [-0.25, -0.2) is 14.8 Å². The normalized spacial score (nSPS) is 36.3. The van der Waals surface area contributed by atoms with Crippen LogP contribution < -0.4 is 22.5 Å². The molecule has 1 fully saturated rings. The van der Waals surface area contributed by atoms with E-state index in [0.717, 1.165) is 5.75 Å². The van der Waals surface area contributed by atoms with Gasteiger partial charge in [-0.15, -0.1) is 11.8 Å². The van der Waals surface area contributed by atoms with Crippen molar-refractivity contribution in [3.8, 4) is 0 Å². The Labute approximate surface area is 142 Å². The highest BCUT2D eigenvalue weighted by atomic mass is 32.2. The number of carbonyl (C=O) groups is 1. The predicted octanol–water partition coefficient (Wildman–Crippen LogP) is -2.77. The third-order valence-corrected chi connectivity index (χ3v) is 5.52. The fraction of sp³-hybridized carbons (Fsp3) is 0.750. The summed E-state index contributed by atoms with van der Waals surface area (Å²) in [6.45, 7) is 1.76. The summed E-state index contributed by atoms with van der Waals surface area (Å²) in [6, 6.07) is -1.55. The summed E-state index contributed by atoms with van der Waals surface area (Å²) in [5, 5.41) is 24.0. The molecule has 1 saturated heterocycles. The number of nitrogens with zero attached hydrogens (tertiary/aromatic N) is 3. The summed E-state index contributed by atoms with van der Waals surface area (Å²) in [6.07, 6.45) is -0.939. The summed E-state index contributed by atoms with van der Waals surface area (Å²) < 4.78 is 4.81. The van der Waals surface area contributed by atoms with Gasteiger partial charge in [0, 0.05) is 6.42 Å². The molecule has 134 valence electrons. The van der Waals surface area contributed by atoms with E-state index in [4.69, 9.17) is 21.9 Å². The Morgan fingerprint density at radius 2 is 2.21 bits per heavy atom. The van der Waals surface area contributed by atoms with E-state index in [-0.39, 0.29) is 30.3 Å². The van der Waals surface area contributed by atoms with Gasteiger partial charge in [-0.2, -0.15) is 0 Å². The first-order valence-corrected chi connectivity index (χ1v) is 8.50. The number of aliphatic hydroxyl groups is 2. The lowest BCUT2D eigenvalue weighted by Crippen LogP contribution is -2.77. The number of ether oxygens (including phenoxy) is 1. The molecule has 0 bridgehead atoms. The second kappa shape index (κ2) is 5.57. The molecule has 24 heavy (non-hydrogen) atoms. The number of amides is 1. The van der Waals surface area contributed by atoms with E-state index in [1.165, 1.54) is 11.8 Å². The minimum atomic E-state index is -2.17. The van der Waals surface area contributed by atoms with Gasteiger partial charge in [0.05, 0.1) is 5.37 Å². The number of primary amides is 1. The highest BCUT2D eigenvalue weighted by Gasteiger charge is 2.72. The van der Waals surface area contributed by atoms with Crippen molar-refractivity contribution in [1.82, 2.24) is 10.2 Å². The van der Waals surface area contributed by atoms with Crippen LogP contribution in [0.15, 0.2) is 9.98 Å². The van der Waals surface area contributed by atoms with Gasteiger partial charge in [0.15, 0.2) is 17.6 Å². The van der Waals surface area contributed by atoms with Gasteiger partial charge in [0.25, 0.3) is 0 Å². The quantitative estimate of drug-likeness (QED) is 0.289. The number of hydrogen-bond donors (Lipinski definition) is 6. The monoisotopic (exact) mass is 359 g/mol. The number of guanidine groups is 2. The molecule has 1 amide bonds. The van der Waals surface area contributed by atoms with Crippen LogP contribution >= 0.6 is 11.8 Å². The number of carbonyl (C=O) groups excluding carboxylic acids is 1. The lowest BCUT2D eigenvalue weighted by Gasteiger charge is -2.49. The van der Waals surface area contributed by atoms with Crippen molar-refractivity contribution in [2.75, 3.05) is 12.4 Å². The van der Waals surface area contributed by atoms with E-state index in [1.807, 2.05) is 6.92 Å². The minimum absolute atomic E-state index is 0.0252. The fourth-order valence-corrected chi connectivity index (χ4v) is 4.77. The number of thioether (sulfide) groups is 1. The Balaban J connectivity index is 2.04. The molecule has 3 aliphatic rings. The van der Waals surface area contributed by atoms with Crippen LogP contribution in [-0.4, -0.2) is 74.4 Å². The van der Waals surface area contributed by atoms with Crippen molar-refractivity contribution in [1.29, 1.82) is 0 Å². The maximum absolute atomic E-state index is 10.9. The second-order valence-corrected chi connectivity index (χ2v) is 7.29. The average molecular weight is 359 g/mol. The molecule has 3 rings (SSSR count). The third kappa shape index (κ3) is 2.24. The van der Waals surface area contributed by atoms with Crippen molar-refractivity contribution >= 4 is 29.8 Å². The molecule has 0 radical (unpaired) electrons. The van der Waals surface area contributed by atoms with Crippen LogP contribution in [0.2, 0.25) is 0 Å². The van der Waals surface area contributed by atoms with E-state index >= 15 is 0 Å². The number of aliphatic imine (C=N–C) groups is 2. The molecule has 4 atom stereocenters. The Morgan fingerprint density at radius 1 is 1.50 bits per heavy atom. The first-order valence-electron chi connectivity index (χ1n) is 7.45.